The van der Waals surface area contributed by atoms with Gasteiger partial charge in [-0.1, -0.05) is 16.9 Å². The Kier molecular flexibility index (Phi) is 7.68. The van der Waals surface area contributed by atoms with Crippen LogP contribution in [0.4, 0.5) is 5.13 Å². The fourth-order valence-corrected chi connectivity index (χ4v) is 7.07. The van der Waals surface area contributed by atoms with Crippen LogP contribution in [-0.2, 0) is 24.0 Å². The van der Waals surface area contributed by atoms with Crippen molar-refractivity contribution in [2.24, 2.45) is 5.16 Å². The van der Waals surface area contributed by atoms with Crippen LogP contribution in [0.2, 0.25) is 0 Å². The fraction of sp³-hybridized carbons (Fsp3) is 0.333. The predicted molar refractivity (Wildman–Crippen MR) is 130 cm³/mol. The number of aryl methyl sites for hydroxylation is 1. The predicted octanol–water partition coefficient (Wildman–Crippen LogP) is 0.753. The van der Waals surface area contributed by atoms with Crippen LogP contribution < -0.4 is 10.6 Å². The number of nitrogens with one attached hydrogen (secondary N) is 2. The summed E-state index contributed by atoms with van der Waals surface area (Å²) in [5, 5.41) is 19.7. The van der Waals surface area contributed by atoms with Crippen molar-refractivity contribution in [3.8, 4) is 0 Å². The molecule has 2 aliphatic heterocycles. The number of carboxylic acids is 1. The normalized spacial score (nSPS) is 19.7. The zero-order valence-corrected chi connectivity index (χ0v) is 21.3. The van der Waals surface area contributed by atoms with Gasteiger partial charge in [-0.2, -0.15) is 4.37 Å². The van der Waals surface area contributed by atoms with Gasteiger partial charge in [0.1, 0.15) is 35.7 Å². The largest absolute Gasteiger partial charge is 0.477 e. The lowest BCUT2D eigenvalue weighted by molar-refractivity contribution is -0.150. The van der Waals surface area contributed by atoms with Crippen molar-refractivity contribution in [1.82, 2.24) is 24.6 Å². The quantitative estimate of drug-likeness (QED) is 0.124. The minimum atomic E-state index is -1.21. The van der Waals surface area contributed by atoms with E-state index in [1.54, 1.807) is 6.92 Å². The van der Waals surface area contributed by atoms with E-state index in [1.807, 2.05) is 0 Å². The first-order valence-corrected chi connectivity index (χ1v) is 13.4. The summed E-state index contributed by atoms with van der Waals surface area (Å²) >= 11 is 5.03. The highest BCUT2D eigenvalue weighted by Crippen LogP contribution is 2.41. The van der Waals surface area contributed by atoms with Gasteiger partial charge in [-0.05, 0) is 24.0 Å². The van der Waals surface area contributed by atoms with Crippen molar-refractivity contribution in [2.45, 2.75) is 22.7 Å². The molecule has 2 aliphatic rings. The molecule has 1 saturated heterocycles. The van der Waals surface area contributed by atoms with E-state index < -0.39 is 29.2 Å². The van der Waals surface area contributed by atoms with E-state index in [0.29, 0.717) is 33.7 Å². The molecule has 2 aromatic heterocycles. The summed E-state index contributed by atoms with van der Waals surface area (Å²) in [6.45, 7) is 1.77. The highest BCUT2D eigenvalue weighted by Gasteiger charge is 2.54. The lowest BCUT2D eigenvalue weighted by Gasteiger charge is -2.49. The van der Waals surface area contributed by atoms with Crippen LogP contribution in [-0.4, -0.2) is 84.3 Å². The van der Waals surface area contributed by atoms with E-state index in [9.17, 15) is 24.3 Å². The number of fused-ring (bicyclic) bond motifs is 1. The van der Waals surface area contributed by atoms with Gasteiger partial charge in [-0.25, -0.2) is 14.8 Å². The first-order valence-electron chi connectivity index (χ1n) is 9.75. The van der Waals surface area contributed by atoms with E-state index in [1.165, 1.54) is 52.4 Å². The molecule has 3 N–H and O–H groups in total. The number of hydrogen-bond acceptors (Lipinski definition) is 13. The number of hydrogen-bond donors (Lipinski definition) is 3. The first kappa shape index (κ1) is 25.1. The van der Waals surface area contributed by atoms with Gasteiger partial charge < -0.3 is 20.6 Å². The number of carbonyl (C=O) groups excluding carboxylic acids is 3. The maximum absolute atomic E-state index is 12.9. The number of amides is 3. The maximum atomic E-state index is 12.9. The Hall–Kier alpha value is -3.02. The number of thiazole rings is 1. The molecule has 0 spiro atoms. The number of anilines is 1. The smallest absolute Gasteiger partial charge is 0.352 e. The number of carbonyl (C=O) groups is 4. The summed E-state index contributed by atoms with van der Waals surface area (Å²) in [6, 6.07) is -0.949. The number of aliphatic carboxylic acids is 1. The molecular weight excluding hydrogens is 539 g/mol. The van der Waals surface area contributed by atoms with E-state index in [0.717, 1.165) is 11.3 Å². The summed E-state index contributed by atoms with van der Waals surface area (Å²) in [6.07, 6.45) is 0.451. The summed E-state index contributed by atoms with van der Waals surface area (Å²) in [4.78, 5) is 62.7. The van der Waals surface area contributed by atoms with Crippen LogP contribution >= 0.6 is 46.4 Å². The first-order chi connectivity index (χ1) is 16.8. The zero-order chi connectivity index (χ0) is 25.1. The molecule has 1 fully saturated rings. The van der Waals surface area contributed by atoms with Gasteiger partial charge in [0.25, 0.3) is 11.8 Å². The number of rotatable bonds is 10. The number of nitrogens with zero attached hydrogens (tertiary/aromatic N) is 5. The van der Waals surface area contributed by atoms with Gasteiger partial charge in [-0.15, -0.1) is 23.1 Å². The van der Waals surface area contributed by atoms with Crippen LogP contribution in [0, 0.1) is 6.92 Å². The van der Waals surface area contributed by atoms with E-state index >= 15 is 0 Å². The van der Waals surface area contributed by atoms with Crippen LogP contribution in [0.3, 0.4) is 0 Å². The second-order valence-corrected chi connectivity index (χ2v) is 10.9. The van der Waals surface area contributed by atoms with Gasteiger partial charge >= 0.3 is 5.97 Å². The van der Waals surface area contributed by atoms with Gasteiger partial charge in [0.15, 0.2) is 15.2 Å². The van der Waals surface area contributed by atoms with Crippen LogP contribution in [0.25, 0.3) is 0 Å². The van der Waals surface area contributed by atoms with E-state index in [4.69, 9.17) is 4.84 Å². The topological polar surface area (TPSA) is 176 Å². The van der Waals surface area contributed by atoms with Crippen LogP contribution in [0.5, 0.6) is 0 Å². The van der Waals surface area contributed by atoms with Crippen molar-refractivity contribution in [3.63, 3.8) is 0 Å². The minimum Gasteiger partial charge on any atom is -0.477 e. The van der Waals surface area contributed by atoms with Crippen LogP contribution in [0.1, 0.15) is 11.5 Å². The van der Waals surface area contributed by atoms with Crippen molar-refractivity contribution in [2.75, 3.05) is 23.9 Å². The summed E-state index contributed by atoms with van der Waals surface area (Å²) < 4.78 is 4.82. The Morgan fingerprint density at radius 3 is 2.89 bits per heavy atom. The highest BCUT2D eigenvalue weighted by atomic mass is 32.2. The molecule has 184 valence electrons. The molecule has 2 atom stereocenters. The molecule has 35 heavy (non-hydrogen) atoms. The van der Waals surface area contributed by atoms with Gasteiger partial charge in [0.2, 0.25) is 6.41 Å². The average molecular weight is 556 g/mol. The fourth-order valence-electron chi connectivity index (χ4n) is 3.28. The molecule has 17 heteroatoms. The van der Waals surface area contributed by atoms with Crippen molar-refractivity contribution in [3.05, 3.63) is 28.2 Å². The molecule has 13 nitrogen and oxygen atoms in total. The molecule has 0 bridgehead atoms. The summed E-state index contributed by atoms with van der Waals surface area (Å²) in [5.74, 6) is -1.11. The average Bonchev–Trinajstić information content (AvgIpc) is 3.47. The van der Waals surface area contributed by atoms with Gasteiger partial charge in [0, 0.05) is 16.9 Å². The number of oxime groups is 1. The van der Waals surface area contributed by atoms with Gasteiger partial charge in [-0.3, -0.25) is 19.3 Å². The summed E-state index contributed by atoms with van der Waals surface area (Å²) in [5.41, 5.74) is 0.478. The Balaban J connectivity index is 1.48. The molecule has 0 saturated carbocycles. The molecule has 0 aromatic carbocycles. The number of aromatic nitrogens is 3. The second-order valence-electron chi connectivity index (χ2n) is 6.94. The molecular formula is C18H17N7O6S4. The van der Waals surface area contributed by atoms with Gasteiger partial charge in [0.05, 0.1) is 0 Å². The molecule has 0 aliphatic carbocycles. The monoisotopic (exact) mass is 555 g/mol. The molecule has 3 amide bonds. The van der Waals surface area contributed by atoms with Crippen molar-refractivity contribution >= 4 is 81.4 Å². The number of β-lactam (4-membered cyclic amide) rings is 1. The highest BCUT2D eigenvalue weighted by molar-refractivity contribution is 8.01. The standard InChI is InChI=1S/C18H17N7O6S4/c1-7-20-18(35-24-7)34-4-8-3-32-15-11(14(28)25(15)12(8)16(29)30)22-13(27)10(23-31-2)9-5-33-17(21-9)19-6-26/h5-6,11,15H,3-4H2,1-2H3,(H,22,27)(H,29,30)(H,19,21,26)/t11?,15-/m1/s1. The molecule has 4 rings (SSSR count). The lowest BCUT2D eigenvalue weighted by Crippen LogP contribution is -2.71. The lowest BCUT2D eigenvalue weighted by atomic mass is 10.0. The van der Waals surface area contributed by atoms with Crippen LogP contribution in [0.15, 0.2) is 26.1 Å². The Morgan fingerprint density at radius 1 is 1.43 bits per heavy atom. The maximum Gasteiger partial charge on any atom is 0.352 e. The molecule has 2 aromatic rings. The number of carboxylic acid groups (broad SMARTS) is 1. The zero-order valence-electron chi connectivity index (χ0n) is 18.1. The third kappa shape index (κ3) is 5.16. The van der Waals surface area contributed by atoms with Crippen molar-refractivity contribution in [1.29, 1.82) is 0 Å². The second kappa shape index (κ2) is 10.7. The SMILES string of the molecule is CON=C(C(=O)NC1C(=O)N2C(C(=O)O)=C(CSc3nc(C)ns3)CS[C@H]12)c1csc(NC=O)n1. The number of thioether (sulfide) groups is 2. The third-order valence-corrected chi connectivity index (χ3v) is 8.87. The van der Waals surface area contributed by atoms with E-state index in [-0.39, 0.29) is 22.2 Å². The molecule has 4 heterocycles. The van der Waals surface area contributed by atoms with Crippen molar-refractivity contribution < 1.29 is 29.1 Å². The Morgan fingerprint density at radius 2 is 2.23 bits per heavy atom. The Labute approximate surface area is 214 Å². The molecule has 0 radical (unpaired) electrons. The minimum absolute atomic E-state index is 0.0761. The third-order valence-electron chi connectivity index (χ3n) is 4.74. The Bertz CT molecular complexity index is 1240. The summed E-state index contributed by atoms with van der Waals surface area (Å²) in [7, 11) is 1.25. The molecule has 1 unspecified atom stereocenters. The van der Waals surface area contributed by atoms with E-state index in [2.05, 4.69) is 30.1 Å².